The van der Waals surface area contributed by atoms with Gasteiger partial charge in [-0.05, 0) is 36.2 Å². The van der Waals surface area contributed by atoms with Crippen LogP contribution in [0.25, 0.3) is 0 Å². The SMILES string of the molecule is Cc1ccc(C(=O)Nc2ccccc2C(=O)[O-])cc1NC1=C(Cl)C(=O)N(Cc2ccccc2)C1=O. The Kier molecular flexibility index (Phi) is 6.66. The van der Waals surface area contributed by atoms with E-state index in [9.17, 15) is 24.3 Å². The minimum atomic E-state index is -1.42. The van der Waals surface area contributed by atoms with E-state index in [1.54, 1.807) is 49.4 Å². The molecule has 0 saturated carbocycles. The summed E-state index contributed by atoms with van der Waals surface area (Å²) in [6, 6.07) is 19.6. The molecule has 0 aliphatic carbocycles. The Labute approximate surface area is 205 Å². The summed E-state index contributed by atoms with van der Waals surface area (Å²) >= 11 is 6.21. The van der Waals surface area contributed by atoms with Crippen LogP contribution in [0.4, 0.5) is 11.4 Å². The van der Waals surface area contributed by atoms with Gasteiger partial charge in [0.15, 0.2) is 0 Å². The van der Waals surface area contributed by atoms with Crippen molar-refractivity contribution < 1.29 is 24.3 Å². The van der Waals surface area contributed by atoms with Crippen molar-refractivity contribution in [3.05, 3.63) is 106 Å². The van der Waals surface area contributed by atoms with Crippen molar-refractivity contribution in [1.82, 2.24) is 4.90 Å². The second kappa shape index (κ2) is 9.82. The number of carbonyl (C=O) groups excluding carboxylic acids is 4. The number of rotatable bonds is 7. The number of carbonyl (C=O) groups is 4. The van der Waals surface area contributed by atoms with Gasteiger partial charge in [-0.15, -0.1) is 0 Å². The first-order chi connectivity index (χ1) is 16.8. The number of benzene rings is 3. The summed E-state index contributed by atoms with van der Waals surface area (Å²) in [7, 11) is 0. The van der Waals surface area contributed by atoms with Gasteiger partial charge in [0.1, 0.15) is 10.7 Å². The number of aryl methyl sites for hydroxylation is 1. The van der Waals surface area contributed by atoms with E-state index < -0.39 is 23.7 Å². The molecule has 0 bridgehead atoms. The predicted octanol–water partition coefficient (Wildman–Crippen LogP) is 3.04. The van der Waals surface area contributed by atoms with E-state index >= 15 is 0 Å². The quantitative estimate of drug-likeness (QED) is 0.493. The van der Waals surface area contributed by atoms with Gasteiger partial charge in [-0.3, -0.25) is 19.3 Å². The highest BCUT2D eigenvalue weighted by atomic mass is 35.5. The van der Waals surface area contributed by atoms with Crippen molar-refractivity contribution in [3.8, 4) is 0 Å². The highest BCUT2D eigenvalue weighted by molar-refractivity contribution is 6.48. The maximum absolute atomic E-state index is 13.0. The third-order valence-corrected chi connectivity index (χ3v) is 5.80. The fraction of sp³-hybridized carbons (Fsp3) is 0.0769. The lowest BCUT2D eigenvalue weighted by atomic mass is 10.1. The van der Waals surface area contributed by atoms with E-state index in [4.69, 9.17) is 11.6 Å². The summed E-state index contributed by atoms with van der Waals surface area (Å²) in [6.45, 7) is 1.83. The van der Waals surface area contributed by atoms with Gasteiger partial charge in [-0.1, -0.05) is 66.2 Å². The highest BCUT2D eigenvalue weighted by Crippen LogP contribution is 2.29. The number of carboxylic acids is 1. The van der Waals surface area contributed by atoms with Gasteiger partial charge in [0.2, 0.25) is 0 Å². The Balaban J connectivity index is 1.55. The minimum Gasteiger partial charge on any atom is -0.545 e. The smallest absolute Gasteiger partial charge is 0.279 e. The number of para-hydroxylation sites is 1. The second-order valence-corrected chi connectivity index (χ2v) is 8.19. The maximum Gasteiger partial charge on any atom is 0.279 e. The van der Waals surface area contributed by atoms with Gasteiger partial charge in [0.05, 0.1) is 18.2 Å². The van der Waals surface area contributed by atoms with Gasteiger partial charge in [-0.25, -0.2) is 0 Å². The number of anilines is 2. The zero-order valence-corrected chi connectivity index (χ0v) is 19.3. The van der Waals surface area contributed by atoms with Crippen LogP contribution in [0.1, 0.15) is 31.8 Å². The fourth-order valence-corrected chi connectivity index (χ4v) is 3.79. The topological polar surface area (TPSA) is 119 Å². The molecule has 0 spiro atoms. The first-order valence-corrected chi connectivity index (χ1v) is 10.9. The Bertz CT molecular complexity index is 1380. The zero-order chi connectivity index (χ0) is 25.1. The molecule has 0 fully saturated rings. The van der Waals surface area contributed by atoms with Crippen molar-refractivity contribution in [2.75, 3.05) is 10.6 Å². The lowest BCUT2D eigenvalue weighted by molar-refractivity contribution is -0.254. The molecule has 1 aliphatic heterocycles. The molecule has 1 heterocycles. The average Bonchev–Trinajstić information content (AvgIpc) is 3.04. The Morgan fingerprint density at radius 2 is 1.60 bits per heavy atom. The van der Waals surface area contributed by atoms with Crippen molar-refractivity contribution in [2.24, 2.45) is 0 Å². The minimum absolute atomic E-state index is 0.0686. The molecule has 3 aromatic carbocycles. The normalized spacial score (nSPS) is 13.3. The second-order valence-electron chi connectivity index (χ2n) is 7.81. The van der Waals surface area contributed by atoms with E-state index in [1.807, 2.05) is 6.07 Å². The molecule has 3 amide bonds. The van der Waals surface area contributed by atoms with Crippen LogP contribution in [-0.4, -0.2) is 28.6 Å². The Morgan fingerprint density at radius 1 is 0.914 bits per heavy atom. The monoisotopic (exact) mass is 488 g/mol. The molecular formula is C26H19ClN3O5-. The van der Waals surface area contributed by atoms with E-state index in [0.717, 1.165) is 10.5 Å². The van der Waals surface area contributed by atoms with Crippen LogP contribution in [0, 0.1) is 6.92 Å². The molecule has 9 heteroatoms. The van der Waals surface area contributed by atoms with E-state index in [2.05, 4.69) is 10.6 Å². The lowest BCUT2D eigenvalue weighted by Crippen LogP contribution is -2.31. The van der Waals surface area contributed by atoms with Crippen LogP contribution in [0.5, 0.6) is 0 Å². The number of aromatic carboxylic acids is 1. The number of imide groups is 1. The summed E-state index contributed by atoms with van der Waals surface area (Å²) in [4.78, 5) is 50.8. The third kappa shape index (κ3) is 4.92. The molecule has 0 aromatic heterocycles. The van der Waals surface area contributed by atoms with Crippen LogP contribution >= 0.6 is 11.6 Å². The molecule has 3 aromatic rings. The number of carboxylic acid groups (broad SMARTS) is 1. The number of halogens is 1. The van der Waals surface area contributed by atoms with Crippen LogP contribution in [0.2, 0.25) is 0 Å². The summed E-state index contributed by atoms with van der Waals surface area (Å²) in [5, 5.41) is 16.5. The summed E-state index contributed by atoms with van der Waals surface area (Å²) in [5.41, 5.74) is 1.89. The van der Waals surface area contributed by atoms with Crippen molar-refractivity contribution in [2.45, 2.75) is 13.5 Å². The lowest BCUT2D eigenvalue weighted by Gasteiger charge is -2.16. The Hall–Kier alpha value is -4.43. The molecule has 8 nitrogen and oxygen atoms in total. The van der Waals surface area contributed by atoms with Gasteiger partial charge in [0.25, 0.3) is 17.7 Å². The number of hydrogen-bond acceptors (Lipinski definition) is 6. The third-order valence-electron chi connectivity index (χ3n) is 5.45. The van der Waals surface area contributed by atoms with Crippen molar-refractivity contribution in [3.63, 3.8) is 0 Å². The maximum atomic E-state index is 13.0. The van der Waals surface area contributed by atoms with E-state index in [1.165, 1.54) is 24.3 Å². The fourth-order valence-electron chi connectivity index (χ4n) is 3.56. The van der Waals surface area contributed by atoms with Gasteiger partial charge >= 0.3 is 0 Å². The first-order valence-electron chi connectivity index (χ1n) is 10.6. The number of hydrogen-bond donors (Lipinski definition) is 2. The first kappa shape index (κ1) is 23.7. The molecule has 176 valence electrons. The molecule has 0 saturated heterocycles. The summed E-state index contributed by atoms with van der Waals surface area (Å²) in [5.74, 6) is -3.19. The Morgan fingerprint density at radius 3 is 2.31 bits per heavy atom. The molecule has 0 atom stereocenters. The van der Waals surface area contributed by atoms with Crippen LogP contribution in [0.15, 0.2) is 83.5 Å². The van der Waals surface area contributed by atoms with E-state index in [0.29, 0.717) is 11.3 Å². The zero-order valence-electron chi connectivity index (χ0n) is 18.5. The largest absolute Gasteiger partial charge is 0.545 e. The van der Waals surface area contributed by atoms with E-state index in [-0.39, 0.29) is 34.1 Å². The number of nitrogens with zero attached hydrogens (tertiary/aromatic N) is 1. The molecule has 4 rings (SSSR count). The average molecular weight is 489 g/mol. The van der Waals surface area contributed by atoms with Crippen LogP contribution in [0.3, 0.4) is 0 Å². The molecule has 2 N–H and O–H groups in total. The number of nitrogens with one attached hydrogen (secondary N) is 2. The summed E-state index contributed by atoms with van der Waals surface area (Å²) < 4.78 is 0. The van der Waals surface area contributed by atoms with Crippen LogP contribution < -0.4 is 15.7 Å². The molecule has 0 radical (unpaired) electrons. The number of amides is 3. The van der Waals surface area contributed by atoms with Gasteiger partial charge < -0.3 is 20.5 Å². The van der Waals surface area contributed by atoms with Crippen molar-refractivity contribution in [1.29, 1.82) is 0 Å². The van der Waals surface area contributed by atoms with Crippen LogP contribution in [-0.2, 0) is 16.1 Å². The standard InChI is InChI=1S/C26H20ClN3O5/c1-15-11-12-17(23(31)29-19-10-6-5-9-18(19)26(34)35)13-20(15)28-22-21(27)24(32)30(25(22)33)14-16-7-3-2-4-8-16/h2-13,28H,14H2,1H3,(H,29,31)(H,34,35)/p-1. The predicted molar refractivity (Wildman–Crippen MR) is 128 cm³/mol. The summed E-state index contributed by atoms with van der Waals surface area (Å²) in [6.07, 6.45) is 0. The van der Waals surface area contributed by atoms with Gasteiger partial charge in [-0.2, -0.15) is 0 Å². The molecule has 35 heavy (non-hydrogen) atoms. The molecule has 1 aliphatic rings. The molecular weight excluding hydrogens is 470 g/mol. The van der Waals surface area contributed by atoms with Gasteiger partial charge in [0, 0.05) is 16.8 Å². The molecule has 0 unspecified atom stereocenters. The highest BCUT2D eigenvalue weighted by Gasteiger charge is 2.38. The van der Waals surface area contributed by atoms with Crippen molar-refractivity contribution >= 4 is 46.7 Å².